The number of hydrogen-bond donors (Lipinski definition) is 5. The van der Waals surface area contributed by atoms with Gasteiger partial charge in [-0.1, -0.05) is 0 Å². The Kier molecular flexibility index (Phi) is 9.95. The maximum absolute atomic E-state index is 9.79. The van der Waals surface area contributed by atoms with Crippen molar-refractivity contribution in [2.45, 2.75) is 19.3 Å². The maximum Gasteiger partial charge on any atom is 0.631 e. The molecule has 0 heterocycles. The molecule has 0 aliphatic carbocycles. The molecule has 0 rings (SSSR count). The van der Waals surface area contributed by atoms with E-state index in [9.17, 15) is 9.59 Å². The van der Waals surface area contributed by atoms with Gasteiger partial charge in [0.25, 0.3) is 0 Å². The van der Waals surface area contributed by atoms with Crippen LogP contribution < -0.4 is 0 Å². The molecule has 76 valence electrons. The largest absolute Gasteiger partial charge is 0.631 e. The van der Waals surface area contributed by atoms with Crippen LogP contribution in [0.1, 0.15) is 19.3 Å². The molecule has 0 radical (unpaired) electrons. The average Bonchev–Trinajstić information content (AvgIpc) is 1.83. The average molecular weight is 194 g/mol. The zero-order valence-corrected chi connectivity index (χ0v) is 6.75. The number of hydrogen-bond acceptors (Lipinski definition) is 5. The Bertz CT molecular complexity index is 140. The summed E-state index contributed by atoms with van der Waals surface area (Å²) in [6.45, 7) is 0. The van der Waals surface area contributed by atoms with Crippen molar-refractivity contribution < 1.29 is 34.9 Å². The quantitative estimate of drug-likeness (QED) is 0.335. The van der Waals surface area contributed by atoms with E-state index >= 15 is 0 Å². The summed E-state index contributed by atoms with van der Waals surface area (Å²) in [6, 6.07) is 0. The van der Waals surface area contributed by atoms with Crippen molar-refractivity contribution >= 4 is 19.3 Å². The van der Waals surface area contributed by atoms with Crippen molar-refractivity contribution in [1.82, 2.24) is 0 Å². The molecule has 8 heteroatoms. The summed E-state index contributed by atoms with van der Waals surface area (Å²) in [7, 11) is -2.17. The molecule has 0 fully saturated rings. The topological polar surface area (TPSA) is 135 Å². The summed E-state index contributed by atoms with van der Waals surface area (Å²) >= 11 is 0. The zero-order chi connectivity index (χ0) is 10.9. The summed E-state index contributed by atoms with van der Waals surface area (Å²) < 4.78 is 0. The molecule has 7 nitrogen and oxygen atoms in total. The molecule has 0 aliphatic rings. The molecule has 5 N–H and O–H groups in total. The van der Waals surface area contributed by atoms with Crippen LogP contribution in [0.3, 0.4) is 0 Å². The molecule has 0 aromatic rings. The first kappa shape index (κ1) is 14.4. The SMILES string of the molecule is O=C(O)CCCC(=O)O.OB(O)O. The van der Waals surface area contributed by atoms with E-state index < -0.39 is 19.3 Å². The lowest BCUT2D eigenvalue weighted by Crippen LogP contribution is -2.07. The van der Waals surface area contributed by atoms with Crippen LogP contribution in [0.25, 0.3) is 0 Å². The molecule has 0 saturated carbocycles. The number of rotatable bonds is 4. The van der Waals surface area contributed by atoms with Crippen LogP contribution in [-0.2, 0) is 9.59 Å². The van der Waals surface area contributed by atoms with Crippen molar-refractivity contribution in [2.24, 2.45) is 0 Å². The van der Waals surface area contributed by atoms with E-state index in [0.717, 1.165) is 0 Å². The van der Waals surface area contributed by atoms with Gasteiger partial charge in [0.15, 0.2) is 0 Å². The number of carbonyl (C=O) groups is 2. The minimum absolute atomic E-state index is 0.0632. The van der Waals surface area contributed by atoms with Gasteiger partial charge in [-0.15, -0.1) is 0 Å². The molecule has 0 aliphatic heterocycles. The molecular weight excluding hydrogens is 183 g/mol. The molecular formula is C5H11BO7. The fourth-order valence-electron chi connectivity index (χ4n) is 0.391. The van der Waals surface area contributed by atoms with Crippen molar-refractivity contribution in [1.29, 1.82) is 0 Å². The van der Waals surface area contributed by atoms with E-state index in [0.29, 0.717) is 0 Å². The Morgan fingerprint density at radius 2 is 1.15 bits per heavy atom. The lowest BCUT2D eigenvalue weighted by molar-refractivity contribution is -0.138. The number of aliphatic carboxylic acids is 2. The van der Waals surface area contributed by atoms with E-state index in [1.54, 1.807) is 0 Å². The lowest BCUT2D eigenvalue weighted by atomic mass is 10.2. The molecule has 0 bridgehead atoms. The van der Waals surface area contributed by atoms with E-state index in [2.05, 4.69) is 0 Å². The molecule has 0 aromatic carbocycles. The van der Waals surface area contributed by atoms with Crippen LogP contribution in [0, 0.1) is 0 Å². The van der Waals surface area contributed by atoms with E-state index in [1.807, 2.05) is 0 Å². The summed E-state index contributed by atoms with van der Waals surface area (Å²) in [5, 5.41) is 37.6. The van der Waals surface area contributed by atoms with Crippen LogP contribution in [0.4, 0.5) is 0 Å². The predicted molar refractivity (Wildman–Crippen MR) is 41.5 cm³/mol. The standard InChI is InChI=1S/C5H8O4.BH3O3/c6-4(7)2-1-3-5(8)9;2-1(3)4/h1-3H2,(H,6,7)(H,8,9);2-4H. The van der Waals surface area contributed by atoms with Crippen LogP contribution in [0.5, 0.6) is 0 Å². The highest BCUT2D eigenvalue weighted by Gasteiger charge is 1.99. The summed E-state index contributed by atoms with van der Waals surface area (Å²) in [5.41, 5.74) is 0. The second kappa shape index (κ2) is 8.98. The zero-order valence-electron chi connectivity index (χ0n) is 6.75. The van der Waals surface area contributed by atoms with Gasteiger partial charge < -0.3 is 25.3 Å². The number of carboxylic acids is 2. The summed E-state index contributed by atoms with van der Waals surface area (Å²) in [6.07, 6.45) is 0.0866. The molecule has 0 saturated heterocycles. The minimum Gasteiger partial charge on any atom is -0.481 e. The normalized spacial score (nSPS) is 8.23. The Morgan fingerprint density at radius 1 is 0.923 bits per heavy atom. The van der Waals surface area contributed by atoms with Gasteiger partial charge in [-0.2, -0.15) is 0 Å². The summed E-state index contributed by atoms with van der Waals surface area (Å²) in [5.74, 6) is -1.90. The highest BCUT2D eigenvalue weighted by molar-refractivity contribution is 6.30. The van der Waals surface area contributed by atoms with Crippen LogP contribution in [0.15, 0.2) is 0 Å². The highest BCUT2D eigenvalue weighted by Crippen LogP contribution is 1.93. The second-order valence-electron chi connectivity index (χ2n) is 1.99. The van der Waals surface area contributed by atoms with Gasteiger partial charge in [0.05, 0.1) is 0 Å². The molecule has 0 unspecified atom stereocenters. The number of carboxylic acid groups (broad SMARTS) is 2. The van der Waals surface area contributed by atoms with Gasteiger partial charge in [-0.25, -0.2) is 0 Å². The molecule has 0 aromatic heterocycles. The van der Waals surface area contributed by atoms with Crippen LogP contribution in [-0.4, -0.2) is 44.5 Å². The van der Waals surface area contributed by atoms with E-state index in [4.69, 9.17) is 25.3 Å². The lowest BCUT2D eigenvalue weighted by Gasteiger charge is -1.89. The van der Waals surface area contributed by atoms with Crippen LogP contribution >= 0.6 is 0 Å². The fraction of sp³-hybridized carbons (Fsp3) is 0.600. The molecule has 0 amide bonds. The second-order valence-corrected chi connectivity index (χ2v) is 1.99. The first-order valence-electron chi connectivity index (χ1n) is 3.34. The molecule has 0 spiro atoms. The van der Waals surface area contributed by atoms with Crippen molar-refractivity contribution in [3.05, 3.63) is 0 Å². The molecule has 0 atom stereocenters. The third-order valence-corrected chi connectivity index (χ3v) is 0.781. The van der Waals surface area contributed by atoms with Gasteiger partial charge in [-0.3, -0.25) is 9.59 Å². The third-order valence-electron chi connectivity index (χ3n) is 0.781. The Hall–Kier alpha value is -1.12. The van der Waals surface area contributed by atoms with Gasteiger partial charge in [0, 0.05) is 12.8 Å². The first-order chi connectivity index (χ1) is 5.86. The van der Waals surface area contributed by atoms with Gasteiger partial charge >= 0.3 is 19.3 Å². The van der Waals surface area contributed by atoms with Crippen molar-refractivity contribution in [3.8, 4) is 0 Å². The Balaban J connectivity index is 0. The van der Waals surface area contributed by atoms with Crippen LogP contribution in [0.2, 0.25) is 0 Å². The minimum atomic E-state index is -2.17. The smallest absolute Gasteiger partial charge is 0.481 e. The van der Waals surface area contributed by atoms with Crippen molar-refractivity contribution in [2.75, 3.05) is 0 Å². The first-order valence-corrected chi connectivity index (χ1v) is 3.34. The van der Waals surface area contributed by atoms with Gasteiger partial charge in [0.1, 0.15) is 0 Å². The van der Waals surface area contributed by atoms with Gasteiger partial charge in [0.2, 0.25) is 0 Å². The maximum atomic E-state index is 9.79. The highest BCUT2D eigenvalue weighted by atomic mass is 16.5. The summed E-state index contributed by atoms with van der Waals surface area (Å²) in [4.78, 5) is 19.6. The monoisotopic (exact) mass is 194 g/mol. The molecule has 13 heavy (non-hydrogen) atoms. The van der Waals surface area contributed by atoms with Crippen molar-refractivity contribution in [3.63, 3.8) is 0 Å². The van der Waals surface area contributed by atoms with E-state index in [-0.39, 0.29) is 19.3 Å². The third kappa shape index (κ3) is 36.0. The van der Waals surface area contributed by atoms with Gasteiger partial charge in [-0.05, 0) is 6.42 Å². The Morgan fingerprint density at radius 3 is 1.31 bits per heavy atom. The predicted octanol–water partition coefficient (Wildman–Crippen LogP) is -1.73. The van der Waals surface area contributed by atoms with E-state index in [1.165, 1.54) is 0 Å². The fourth-order valence-corrected chi connectivity index (χ4v) is 0.391. The Labute approximate surface area is 74.4 Å².